The van der Waals surface area contributed by atoms with Crippen LogP contribution in [0.2, 0.25) is 10.0 Å². The number of carbonyl (C=O) groups is 1. The summed E-state index contributed by atoms with van der Waals surface area (Å²) in [4.78, 5) is 12.4. The van der Waals surface area contributed by atoms with Crippen molar-refractivity contribution in [2.45, 2.75) is 20.8 Å². The van der Waals surface area contributed by atoms with Crippen LogP contribution in [0, 0.1) is 0 Å². The van der Waals surface area contributed by atoms with Crippen LogP contribution in [0.15, 0.2) is 30.3 Å². The van der Waals surface area contributed by atoms with Crippen molar-refractivity contribution in [1.82, 2.24) is 0 Å². The van der Waals surface area contributed by atoms with Gasteiger partial charge in [0.05, 0.1) is 41.2 Å². The summed E-state index contributed by atoms with van der Waals surface area (Å²) >= 11 is 12.2. The summed E-state index contributed by atoms with van der Waals surface area (Å²) in [6.07, 6.45) is 0. The molecule has 6 nitrogen and oxygen atoms in total. The van der Waals surface area contributed by atoms with E-state index in [1.54, 1.807) is 30.3 Å². The average Bonchev–Trinajstić information content (AvgIpc) is 2.61. The Kier molecular flexibility index (Phi) is 7.88. The van der Waals surface area contributed by atoms with Crippen LogP contribution in [0.5, 0.6) is 17.2 Å². The Hall–Kier alpha value is -2.31. The van der Waals surface area contributed by atoms with Crippen LogP contribution in [0.4, 0.5) is 16.2 Å². The lowest BCUT2D eigenvalue weighted by atomic mass is 10.2. The molecule has 0 spiro atoms. The Morgan fingerprint density at radius 2 is 1.41 bits per heavy atom. The molecule has 2 aromatic carbocycles. The van der Waals surface area contributed by atoms with Crippen LogP contribution in [0.3, 0.4) is 0 Å². The minimum Gasteiger partial charge on any atom is -0.490 e. The molecule has 8 heteroatoms. The molecule has 0 aliphatic heterocycles. The summed E-state index contributed by atoms with van der Waals surface area (Å²) in [5.74, 6) is 1.47. The molecular weight excluding hydrogens is 391 g/mol. The maximum Gasteiger partial charge on any atom is 0.323 e. The highest BCUT2D eigenvalue weighted by molar-refractivity contribution is 6.39. The fourth-order valence-corrected chi connectivity index (χ4v) is 2.85. The van der Waals surface area contributed by atoms with Gasteiger partial charge in [0, 0.05) is 12.1 Å². The number of amides is 2. The first kappa shape index (κ1) is 21.0. The molecule has 146 valence electrons. The maximum atomic E-state index is 12.4. The SMILES string of the molecule is CCOc1cc(NC(=O)Nc2c(Cl)cccc2Cl)cc(OCC)c1OCC. The molecule has 0 fully saturated rings. The predicted octanol–water partition coefficient (Wildman–Crippen LogP) is 5.83. The second-order valence-corrected chi connectivity index (χ2v) is 6.09. The predicted molar refractivity (Wildman–Crippen MR) is 109 cm³/mol. The Morgan fingerprint density at radius 3 is 1.89 bits per heavy atom. The summed E-state index contributed by atoms with van der Waals surface area (Å²) in [6.45, 7) is 6.94. The molecule has 0 unspecified atom stereocenters. The van der Waals surface area contributed by atoms with Gasteiger partial charge in [-0.05, 0) is 32.9 Å². The van der Waals surface area contributed by atoms with E-state index in [9.17, 15) is 4.79 Å². The highest BCUT2D eigenvalue weighted by Gasteiger charge is 2.17. The number of carbonyl (C=O) groups excluding carboxylic acids is 1. The fraction of sp³-hybridized carbons (Fsp3) is 0.316. The number of anilines is 2. The van der Waals surface area contributed by atoms with Gasteiger partial charge in [0.1, 0.15) is 0 Å². The van der Waals surface area contributed by atoms with E-state index >= 15 is 0 Å². The quantitative estimate of drug-likeness (QED) is 0.571. The normalized spacial score (nSPS) is 10.3. The van der Waals surface area contributed by atoms with E-state index in [2.05, 4.69) is 10.6 Å². The van der Waals surface area contributed by atoms with E-state index in [1.807, 2.05) is 20.8 Å². The molecule has 2 aromatic rings. The highest BCUT2D eigenvalue weighted by atomic mass is 35.5. The zero-order valence-electron chi connectivity index (χ0n) is 15.4. The summed E-state index contributed by atoms with van der Waals surface area (Å²) in [7, 11) is 0. The Balaban J connectivity index is 2.27. The summed E-state index contributed by atoms with van der Waals surface area (Å²) < 4.78 is 16.9. The van der Waals surface area contributed by atoms with Crippen LogP contribution in [0.25, 0.3) is 0 Å². The maximum absolute atomic E-state index is 12.4. The second-order valence-electron chi connectivity index (χ2n) is 5.28. The molecule has 0 bridgehead atoms. The van der Waals surface area contributed by atoms with Gasteiger partial charge in [-0.15, -0.1) is 0 Å². The van der Waals surface area contributed by atoms with E-state index in [0.717, 1.165) is 0 Å². The van der Waals surface area contributed by atoms with Crippen molar-refractivity contribution in [3.63, 3.8) is 0 Å². The van der Waals surface area contributed by atoms with Gasteiger partial charge in [-0.2, -0.15) is 0 Å². The number of hydrogen-bond acceptors (Lipinski definition) is 4. The lowest BCUT2D eigenvalue weighted by Crippen LogP contribution is -2.20. The number of para-hydroxylation sites is 1. The molecule has 2 N–H and O–H groups in total. The van der Waals surface area contributed by atoms with Crippen LogP contribution in [-0.4, -0.2) is 25.9 Å². The van der Waals surface area contributed by atoms with Gasteiger partial charge < -0.3 is 24.8 Å². The summed E-state index contributed by atoms with van der Waals surface area (Å²) in [5, 5.41) is 6.06. The number of nitrogens with one attached hydrogen (secondary N) is 2. The van der Waals surface area contributed by atoms with Crippen molar-refractivity contribution >= 4 is 40.6 Å². The van der Waals surface area contributed by atoms with Gasteiger partial charge in [-0.1, -0.05) is 29.3 Å². The molecule has 0 heterocycles. The molecule has 0 saturated heterocycles. The van der Waals surface area contributed by atoms with E-state index in [1.165, 1.54) is 0 Å². The van der Waals surface area contributed by atoms with Crippen molar-refractivity contribution in [3.8, 4) is 17.2 Å². The van der Waals surface area contributed by atoms with E-state index < -0.39 is 6.03 Å². The molecular formula is C19H22Cl2N2O4. The van der Waals surface area contributed by atoms with Crippen LogP contribution in [0.1, 0.15) is 20.8 Å². The molecule has 2 rings (SSSR count). The summed E-state index contributed by atoms with van der Waals surface area (Å²) in [5.41, 5.74) is 0.811. The summed E-state index contributed by atoms with van der Waals surface area (Å²) in [6, 6.07) is 7.82. The van der Waals surface area contributed by atoms with E-state index in [0.29, 0.717) is 58.5 Å². The van der Waals surface area contributed by atoms with Gasteiger partial charge in [0.2, 0.25) is 5.75 Å². The Bertz CT molecular complexity index is 752. The van der Waals surface area contributed by atoms with Crippen LogP contribution >= 0.6 is 23.2 Å². The number of hydrogen-bond donors (Lipinski definition) is 2. The molecule has 2 amide bonds. The minimum absolute atomic E-state index is 0.333. The smallest absolute Gasteiger partial charge is 0.323 e. The van der Waals surface area contributed by atoms with E-state index in [-0.39, 0.29) is 0 Å². The molecule has 0 saturated carbocycles. The molecule has 0 aliphatic rings. The van der Waals surface area contributed by atoms with Crippen molar-refractivity contribution in [2.24, 2.45) is 0 Å². The van der Waals surface area contributed by atoms with Gasteiger partial charge in [0.25, 0.3) is 0 Å². The van der Waals surface area contributed by atoms with Crippen molar-refractivity contribution < 1.29 is 19.0 Å². The van der Waals surface area contributed by atoms with Crippen molar-refractivity contribution in [3.05, 3.63) is 40.4 Å². The standard InChI is InChI=1S/C19H22Cl2N2O4/c1-4-25-15-10-12(11-16(26-5-2)18(15)27-6-3)22-19(24)23-17-13(20)8-7-9-14(17)21/h7-11H,4-6H2,1-3H3,(H2,22,23,24). The average molecular weight is 413 g/mol. The lowest BCUT2D eigenvalue weighted by molar-refractivity contribution is 0.260. The monoisotopic (exact) mass is 412 g/mol. The van der Waals surface area contributed by atoms with Gasteiger partial charge in [0.15, 0.2) is 11.5 Å². The number of benzene rings is 2. The van der Waals surface area contributed by atoms with E-state index in [4.69, 9.17) is 37.4 Å². The minimum atomic E-state index is -0.501. The van der Waals surface area contributed by atoms with Crippen molar-refractivity contribution in [1.29, 1.82) is 0 Å². The largest absolute Gasteiger partial charge is 0.490 e. The highest BCUT2D eigenvalue weighted by Crippen LogP contribution is 2.41. The number of urea groups is 1. The third-order valence-electron chi connectivity index (χ3n) is 3.37. The fourth-order valence-electron chi connectivity index (χ4n) is 2.35. The third kappa shape index (κ3) is 5.58. The molecule has 0 aromatic heterocycles. The Labute approximate surface area is 168 Å². The third-order valence-corrected chi connectivity index (χ3v) is 4.00. The van der Waals surface area contributed by atoms with Gasteiger partial charge >= 0.3 is 6.03 Å². The zero-order chi connectivity index (χ0) is 19.8. The molecule has 0 radical (unpaired) electrons. The van der Waals surface area contributed by atoms with Crippen LogP contribution < -0.4 is 24.8 Å². The van der Waals surface area contributed by atoms with Crippen molar-refractivity contribution in [2.75, 3.05) is 30.5 Å². The molecule has 0 aliphatic carbocycles. The first-order chi connectivity index (χ1) is 13.0. The van der Waals surface area contributed by atoms with Crippen LogP contribution in [-0.2, 0) is 0 Å². The molecule has 27 heavy (non-hydrogen) atoms. The number of rotatable bonds is 8. The first-order valence-electron chi connectivity index (χ1n) is 8.58. The topological polar surface area (TPSA) is 68.8 Å². The second kappa shape index (κ2) is 10.1. The molecule has 0 atom stereocenters. The number of halogens is 2. The van der Waals surface area contributed by atoms with Gasteiger partial charge in [-0.3, -0.25) is 0 Å². The zero-order valence-corrected chi connectivity index (χ0v) is 16.9. The van der Waals surface area contributed by atoms with Gasteiger partial charge in [-0.25, -0.2) is 4.79 Å². The lowest BCUT2D eigenvalue weighted by Gasteiger charge is -2.18. The number of ether oxygens (including phenoxy) is 3. The first-order valence-corrected chi connectivity index (χ1v) is 9.34. The Morgan fingerprint density at radius 1 is 0.889 bits per heavy atom.